The van der Waals surface area contributed by atoms with E-state index in [4.69, 9.17) is 9.47 Å². The van der Waals surface area contributed by atoms with Crippen molar-refractivity contribution in [1.82, 2.24) is 0 Å². The van der Waals surface area contributed by atoms with Crippen molar-refractivity contribution in [3.8, 4) is 0 Å². The average molecular weight is 537 g/mol. The predicted molar refractivity (Wildman–Crippen MR) is 140 cm³/mol. The summed E-state index contributed by atoms with van der Waals surface area (Å²) in [5, 5.41) is 55.7. The normalized spacial score (nSPS) is 52.3. The van der Waals surface area contributed by atoms with Gasteiger partial charge in [0.05, 0.1) is 41.2 Å². The first-order valence-electron chi connectivity index (χ1n) is 14.4. The molecule has 5 aliphatic rings. The van der Waals surface area contributed by atoms with Gasteiger partial charge in [-0.3, -0.25) is 4.79 Å². The van der Waals surface area contributed by atoms with Gasteiger partial charge in [0, 0.05) is 17.3 Å². The highest BCUT2D eigenvalue weighted by atomic mass is 16.8. The fourth-order valence-corrected chi connectivity index (χ4v) is 9.61. The number of ketones is 1. The zero-order valence-electron chi connectivity index (χ0n) is 24.0. The van der Waals surface area contributed by atoms with Crippen molar-refractivity contribution in [3.63, 3.8) is 0 Å². The van der Waals surface area contributed by atoms with E-state index in [0.29, 0.717) is 37.7 Å². The zero-order valence-corrected chi connectivity index (χ0v) is 24.0. The van der Waals surface area contributed by atoms with Gasteiger partial charge in [0.15, 0.2) is 11.6 Å². The largest absolute Gasteiger partial charge is 0.392 e. The molecule has 4 fully saturated rings. The molecule has 8 heteroatoms. The lowest BCUT2D eigenvalue weighted by Gasteiger charge is -2.62. The number of ether oxygens (including phenoxy) is 2. The highest BCUT2D eigenvalue weighted by Gasteiger charge is 2.72. The second-order valence-corrected chi connectivity index (χ2v) is 14.9. The maximum Gasteiger partial charge on any atom is 0.164 e. The van der Waals surface area contributed by atoms with E-state index in [9.17, 15) is 30.3 Å². The molecule has 11 atom stereocenters. The second-order valence-electron chi connectivity index (χ2n) is 14.9. The van der Waals surface area contributed by atoms with Gasteiger partial charge in [-0.2, -0.15) is 0 Å². The Bertz CT molecular complexity index is 1020. The molecule has 5 rings (SSSR count). The summed E-state index contributed by atoms with van der Waals surface area (Å²) in [4.78, 5) is 13.5. The number of rotatable bonds is 4. The third-order valence-corrected chi connectivity index (χ3v) is 11.3. The Hall–Kier alpha value is -0.870. The molecule has 1 heterocycles. The van der Waals surface area contributed by atoms with Crippen molar-refractivity contribution in [2.75, 3.05) is 0 Å². The molecule has 0 amide bonds. The third kappa shape index (κ3) is 4.00. The van der Waals surface area contributed by atoms with E-state index in [-0.39, 0.29) is 30.6 Å². The Kier molecular flexibility index (Phi) is 6.46. The second kappa shape index (κ2) is 8.57. The molecule has 4 aliphatic carbocycles. The lowest BCUT2D eigenvalue weighted by molar-refractivity contribution is -0.203. The number of allylic oxidation sites excluding steroid dienone is 1. The van der Waals surface area contributed by atoms with Gasteiger partial charge in [0.2, 0.25) is 0 Å². The van der Waals surface area contributed by atoms with Gasteiger partial charge >= 0.3 is 0 Å². The van der Waals surface area contributed by atoms with E-state index in [2.05, 4.69) is 0 Å². The quantitative estimate of drug-likeness (QED) is 0.370. The smallest absolute Gasteiger partial charge is 0.164 e. The van der Waals surface area contributed by atoms with Crippen LogP contribution in [0.2, 0.25) is 0 Å². The minimum Gasteiger partial charge on any atom is -0.392 e. The van der Waals surface area contributed by atoms with Gasteiger partial charge in [-0.15, -0.1) is 0 Å². The summed E-state index contributed by atoms with van der Waals surface area (Å²) < 4.78 is 13.0. The SMILES string of the molecule is CC(C)(O)CC[C@H]1OC(C)(C)O[C@]1(C)[C@H]1CC[C@@]2(O)C3=CC(=O)[C@@H]4C[C@@H](O)[C@@H](O)C[C@]4(C)[C@H]3[C@H](O)C[C@]12C. The number of aliphatic hydroxyl groups excluding tert-OH is 3. The van der Waals surface area contributed by atoms with Crippen LogP contribution < -0.4 is 0 Å². The van der Waals surface area contributed by atoms with E-state index < -0.39 is 63.6 Å². The van der Waals surface area contributed by atoms with Crippen LogP contribution in [0.4, 0.5) is 0 Å². The molecular weight excluding hydrogens is 488 g/mol. The summed E-state index contributed by atoms with van der Waals surface area (Å²) in [7, 11) is 0. The van der Waals surface area contributed by atoms with Crippen LogP contribution in [-0.2, 0) is 14.3 Å². The van der Waals surface area contributed by atoms with Gasteiger partial charge in [0.25, 0.3) is 0 Å². The van der Waals surface area contributed by atoms with Crippen molar-refractivity contribution < 1.29 is 39.8 Å². The van der Waals surface area contributed by atoms with Crippen LogP contribution in [0, 0.1) is 28.6 Å². The van der Waals surface area contributed by atoms with Crippen molar-refractivity contribution in [2.45, 2.75) is 140 Å². The van der Waals surface area contributed by atoms with Gasteiger partial charge in [0.1, 0.15) is 0 Å². The maximum absolute atomic E-state index is 13.5. The number of hydrogen-bond donors (Lipinski definition) is 5. The minimum absolute atomic E-state index is 0.145. The minimum atomic E-state index is -1.33. The lowest BCUT2D eigenvalue weighted by Crippen LogP contribution is -2.66. The Morgan fingerprint density at radius 2 is 1.68 bits per heavy atom. The van der Waals surface area contributed by atoms with Gasteiger partial charge in [-0.05, 0) is 103 Å². The first-order chi connectivity index (χ1) is 17.3. The predicted octanol–water partition coefficient (Wildman–Crippen LogP) is 2.62. The van der Waals surface area contributed by atoms with Gasteiger partial charge < -0.3 is 35.0 Å². The molecule has 8 nitrogen and oxygen atoms in total. The molecule has 216 valence electrons. The standard InChI is InChI=1S/C30H48O8/c1-25(2,35)10-9-23-29(7,38-26(3,4)37-23)22-8-11-30(36)17-13-18(31)16-12-19(32)20(33)14-27(16,5)24(17)21(34)15-28(22,30)6/h13,16,19-24,32-36H,8-12,14-15H2,1-7H3/t16-,19+,20-,21+,22-,23+,24+,27-,28+,29+,30+/m0/s1. The van der Waals surface area contributed by atoms with Crippen LogP contribution in [-0.4, -0.2) is 78.3 Å². The molecule has 1 aliphatic heterocycles. The summed E-state index contributed by atoms with van der Waals surface area (Å²) >= 11 is 0. The van der Waals surface area contributed by atoms with Crippen LogP contribution in [0.25, 0.3) is 0 Å². The highest BCUT2D eigenvalue weighted by Crippen LogP contribution is 2.69. The van der Waals surface area contributed by atoms with Gasteiger partial charge in [-0.1, -0.05) is 13.8 Å². The van der Waals surface area contributed by atoms with E-state index in [1.807, 2.05) is 34.6 Å². The van der Waals surface area contributed by atoms with Crippen molar-refractivity contribution in [1.29, 1.82) is 0 Å². The number of fused-ring (bicyclic) bond motifs is 5. The third-order valence-electron chi connectivity index (χ3n) is 11.3. The van der Waals surface area contributed by atoms with Crippen LogP contribution in [0.1, 0.15) is 93.4 Å². The fraction of sp³-hybridized carbons (Fsp3) is 0.900. The molecule has 0 aromatic rings. The van der Waals surface area contributed by atoms with E-state index in [0.717, 1.165) is 0 Å². The molecule has 0 aromatic carbocycles. The van der Waals surface area contributed by atoms with Crippen molar-refractivity contribution >= 4 is 5.78 Å². The molecule has 0 radical (unpaired) electrons. The maximum atomic E-state index is 13.5. The molecule has 0 spiro atoms. The van der Waals surface area contributed by atoms with E-state index in [1.165, 1.54) is 0 Å². The Morgan fingerprint density at radius 1 is 1.03 bits per heavy atom. The van der Waals surface area contributed by atoms with Crippen LogP contribution in [0.3, 0.4) is 0 Å². The number of carbonyl (C=O) groups excluding carboxylic acids is 1. The first kappa shape index (κ1) is 28.7. The molecular formula is C30H48O8. The lowest BCUT2D eigenvalue weighted by atomic mass is 9.44. The first-order valence-corrected chi connectivity index (χ1v) is 14.4. The van der Waals surface area contributed by atoms with Crippen LogP contribution >= 0.6 is 0 Å². The highest BCUT2D eigenvalue weighted by molar-refractivity contribution is 5.95. The summed E-state index contributed by atoms with van der Waals surface area (Å²) in [5.74, 6) is -2.16. The summed E-state index contributed by atoms with van der Waals surface area (Å²) in [6.45, 7) is 13.3. The molecule has 0 bridgehead atoms. The fourth-order valence-electron chi connectivity index (χ4n) is 9.61. The van der Waals surface area contributed by atoms with Crippen LogP contribution in [0.5, 0.6) is 0 Å². The molecule has 1 saturated heterocycles. The van der Waals surface area contributed by atoms with Gasteiger partial charge in [-0.25, -0.2) is 0 Å². The molecule has 3 saturated carbocycles. The number of hydrogen-bond acceptors (Lipinski definition) is 8. The molecule has 0 unspecified atom stereocenters. The van der Waals surface area contributed by atoms with E-state index >= 15 is 0 Å². The molecule has 0 aromatic heterocycles. The zero-order chi connectivity index (χ0) is 28.3. The summed E-state index contributed by atoms with van der Waals surface area (Å²) in [5.41, 5.74) is -3.95. The van der Waals surface area contributed by atoms with Crippen LogP contribution in [0.15, 0.2) is 11.6 Å². The topological polar surface area (TPSA) is 137 Å². The van der Waals surface area contributed by atoms with E-state index in [1.54, 1.807) is 19.9 Å². The average Bonchev–Trinajstić information content (AvgIpc) is 3.17. The number of aliphatic hydroxyl groups is 5. The molecule has 38 heavy (non-hydrogen) atoms. The Balaban J connectivity index is 1.54. The molecule has 5 N–H and O–H groups in total. The van der Waals surface area contributed by atoms with Crippen molar-refractivity contribution in [3.05, 3.63) is 11.6 Å². The number of carbonyl (C=O) groups is 1. The summed E-state index contributed by atoms with van der Waals surface area (Å²) in [6, 6.07) is 0. The Morgan fingerprint density at radius 3 is 2.32 bits per heavy atom. The monoisotopic (exact) mass is 536 g/mol. The van der Waals surface area contributed by atoms with Crippen molar-refractivity contribution in [2.24, 2.45) is 28.6 Å². The summed E-state index contributed by atoms with van der Waals surface area (Å²) in [6.07, 6.45) is 1.30. The Labute approximate surface area is 226 Å².